The Morgan fingerprint density at radius 1 is 0.400 bits per heavy atom. The van der Waals surface area contributed by atoms with E-state index in [-0.39, 0.29) is 5.41 Å². The van der Waals surface area contributed by atoms with Crippen molar-refractivity contribution in [1.82, 2.24) is 0 Å². The Labute approximate surface area is 325 Å². The summed E-state index contributed by atoms with van der Waals surface area (Å²) in [4.78, 5) is 2.47. The molecule has 1 nitrogen and oxygen atoms in total. The van der Waals surface area contributed by atoms with E-state index in [0.717, 1.165) is 11.4 Å². The van der Waals surface area contributed by atoms with Crippen molar-refractivity contribution in [3.8, 4) is 33.4 Å². The largest absolute Gasteiger partial charge is 0.310 e. The standard InChI is InChI=1S/C53H37NS/c1-53(2)47-19-9-7-15-43(47)44-31-30-39(33-48(44)53)54(49-32-37-12-3-4-13-40(37)42-14-5-6-16-45(42)49)38-28-26-35(27-29-38)34-22-24-36(25-23-34)41-18-11-21-51-52(41)46-17-8-10-20-50(46)55-51/h3-33H,1-2H3. The third-order valence-electron chi connectivity index (χ3n) is 11.9. The van der Waals surface area contributed by atoms with Crippen LogP contribution in [0.2, 0.25) is 0 Å². The van der Waals surface area contributed by atoms with Crippen molar-refractivity contribution in [1.29, 1.82) is 0 Å². The molecule has 0 unspecified atom stereocenters. The number of thiophene rings is 1. The summed E-state index contributed by atoms with van der Waals surface area (Å²) in [6, 6.07) is 69.6. The Bertz CT molecular complexity index is 3110. The summed E-state index contributed by atoms with van der Waals surface area (Å²) in [5.74, 6) is 0. The minimum atomic E-state index is -0.100. The van der Waals surface area contributed by atoms with Crippen LogP contribution >= 0.6 is 11.3 Å². The zero-order valence-corrected chi connectivity index (χ0v) is 31.6. The van der Waals surface area contributed by atoms with E-state index in [1.165, 1.54) is 91.9 Å². The zero-order valence-electron chi connectivity index (χ0n) is 30.8. The van der Waals surface area contributed by atoms with Crippen LogP contribution < -0.4 is 4.90 Å². The maximum absolute atomic E-state index is 2.47. The highest BCUT2D eigenvalue weighted by Crippen LogP contribution is 2.51. The van der Waals surface area contributed by atoms with Gasteiger partial charge in [-0.15, -0.1) is 11.3 Å². The van der Waals surface area contributed by atoms with Crippen molar-refractivity contribution in [3.05, 3.63) is 199 Å². The van der Waals surface area contributed by atoms with E-state index in [1.54, 1.807) is 0 Å². The smallest absolute Gasteiger partial charge is 0.0546 e. The van der Waals surface area contributed by atoms with E-state index in [1.807, 2.05) is 11.3 Å². The van der Waals surface area contributed by atoms with Crippen LogP contribution in [0.3, 0.4) is 0 Å². The molecular weight excluding hydrogens is 683 g/mol. The van der Waals surface area contributed by atoms with Gasteiger partial charge in [-0.25, -0.2) is 0 Å². The van der Waals surface area contributed by atoms with Crippen molar-refractivity contribution < 1.29 is 0 Å². The molecule has 9 aromatic carbocycles. The maximum Gasteiger partial charge on any atom is 0.0546 e. The SMILES string of the molecule is CC1(C)c2ccccc2-c2ccc(N(c3ccc(-c4ccc(-c5cccc6sc7ccccc7c56)cc4)cc3)c3cc4ccccc4c4ccccc34)cc21. The summed E-state index contributed by atoms with van der Waals surface area (Å²) >= 11 is 1.87. The normalized spacial score (nSPS) is 13.1. The van der Waals surface area contributed by atoms with Crippen LogP contribution in [0.4, 0.5) is 17.1 Å². The van der Waals surface area contributed by atoms with E-state index >= 15 is 0 Å². The van der Waals surface area contributed by atoms with Gasteiger partial charge in [0, 0.05) is 42.3 Å². The minimum Gasteiger partial charge on any atom is -0.310 e. The molecule has 0 saturated carbocycles. The third kappa shape index (κ3) is 4.99. The van der Waals surface area contributed by atoms with Crippen LogP contribution in [0.15, 0.2) is 188 Å². The highest BCUT2D eigenvalue weighted by atomic mass is 32.1. The van der Waals surface area contributed by atoms with E-state index in [2.05, 4.69) is 207 Å². The lowest BCUT2D eigenvalue weighted by atomic mass is 9.82. The van der Waals surface area contributed by atoms with E-state index in [9.17, 15) is 0 Å². The monoisotopic (exact) mass is 719 g/mol. The Morgan fingerprint density at radius 2 is 0.982 bits per heavy atom. The summed E-state index contributed by atoms with van der Waals surface area (Å²) in [7, 11) is 0. The molecule has 0 radical (unpaired) electrons. The van der Waals surface area contributed by atoms with Crippen LogP contribution in [0.25, 0.3) is 75.1 Å². The molecule has 0 bridgehead atoms. The van der Waals surface area contributed by atoms with Gasteiger partial charge >= 0.3 is 0 Å². The Morgan fingerprint density at radius 3 is 1.80 bits per heavy atom. The van der Waals surface area contributed by atoms with Gasteiger partial charge in [0.1, 0.15) is 0 Å². The summed E-state index contributed by atoms with van der Waals surface area (Å²) in [5.41, 5.74) is 13.7. The average Bonchev–Trinajstić information content (AvgIpc) is 3.73. The second kappa shape index (κ2) is 12.3. The van der Waals surface area contributed by atoms with Gasteiger partial charge in [-0.2, -0.15) is 0 Å². The second-order valence-electron chi connectivity index (χ2n) is 15.3. The number of rotatable bonds is 5. The van der Waals surface area contributed by atoms with Gasteiger partial charge in [-0.3, -0.25) is 0 Å². The minimum absolute atomic E-state index is 0.100. The summed E-state index contributed by atoms with van der Waals surface area (Å²) < 4.78 is 2.67. The fraction of sp³-hybridized carbons (Fsp3) is 0.0566. The molecule has 0 aliphatic heterocycles. The topological polar surface area (TPSA) is 3.24 Å². The van der Waals surface area contributed by atoms with E-state index in [0.29, 0.717) is 0 Å². The molecule has 260 valence electrons. The van der Waals surface area contributed by atoms with Crippen LogP contribution in [-0.4, -0.2) is 0 Å². The molecule has 0 N–H and O–H groups in total. The van der Waals surface area contributed by atoms with E-state index in [4.69, 9.17) is 0 Å². The highest BCUT2D eigenvalue weighted by Gasteiger charge is 2.35. The molecule has 55 heavy (non-hydrogen) atoms. The molecule has 0 saturated heterocycles. The average molecular weight is 720 g/mol. The highest BCUT2D eigenvalue weighted by molar-refractivity contribution is 7.25. The molecule has 1 aromatic heterocycles. The van der Waals surface area contributed by atoms with Gasteiger partial charge < -0.3 is 4.90 Å². The molecule has 0 atom stereocenters. The molecule has 1 heterocycles. The van der Waals surface area contributed by atoms with E-state index < -0.39 is 0 Å². The fourth-order valence-corrected chi connectivity index (χ4v) is 10.3. The lowest BCUT2D eigenvalue weighted by molar-refractivity contribution is 0.660. The Kier molecular flexibility index (Phi) is 7.14. The first-order chi connectivity index (χ1) is 27.0. The number of fused-ring (bicyclic) bond motifs is 9. The Hall–Kier alpha value is -6.48. The molecule has 11 rings (SSSR count). The molecule has 0 spiro atoms. The lowest BCUT2D eigenvalue weighted by Crippen LogP contribution is -2.16. The quantitative estimate of drug-likeness (QED) is 0.160. The predicted molar refractivity (Wildman–Crippen MR) is 237 cm³/mol. The van der Waals surface area contributed by atoms with Crippen LogP contribution in [0.5, 0.6) is 0 Å². The number of anilines is 3. The zero-order chi connectivity index (χ0) is 36.7. The van der Waals surface area contributed by atoms with Crippen LogP contribution in [-0.2, 0) is 5.41 Å². The molecule has 2 heteroatoms. The molecule has 0 fully saturated rings. The van der Waals surface area contributed by atoms with Gasteiger partial charge in [0.05, 0.1) is 5.69 Å². The van der Waals surface area contributed by atoms with Crippen LogP contribution in [0, 0.1) is 0 Å². The van der Waals surface area contributed by atoms with Gasteiger partial charge in [0.15, 0.2) is 0 Å². The first-order valence-electron chi connectivity index (χ1n) is 19.1. The predicted octanol–water partition coefficient (Wildman–Crippen LogP) is 15.5. The molecular formula is C53H37NS. The van der Waals surface area contributed by atoms with Gasteiger partial charge in [0.25, 0.3) is 0 Å². The van der Waals surface area contributed by atoms with Crippen molar-refractivity contribution in [2.24, 2.45) is 0 Å². The lowest BCUT2D eigenvalue weighted by Gasteiger charge is -2.29. The molecule has 10 aromatic rings. The molecule has 1 aliphatic rings. The van der Waals surface area contributed by atoms with Gasteiger partial charge in [0.2, 0.25) is 0 Å². The van der Waals surface area contributed by atoms with Crippen molar-refractivity contribution in [3.63, 3.8) is 0 Å². The van der Waals surface area contributed by atoms with Crippen molar-refractivity contribution in [2.75, 3.05) is 4.90 Å². The third-order valence-corrected chi connectivity index (χ3v) is 13.0. The number of hydrogen-bond acceptors (Lipinski definition) is 2. The molecule has 1 aliphatic carbocycles. The van der Waals surface area contributed by atoms with Gasteiger partial charge in [-0.05, 0) is 103 Å². The van der Waals surface area contributed by atoms with Gasteiger partial charge in [-0.1, -0.05) is 159 Å². The number of benzene rings is 9. The summed E-state index contributed by atoms with van der Waals surface area (Å²) in [6.07, 6.45) is 0. The second-order valence-corrected chi connectivity index (χ2v) is 16.4. The van der Waals surface area contributed by atoms with Crippen molar-refractivity contribution in [2.45, 2.75) is 19.3 Å². The fourth-order valence-electron chi connectivity index (χ4n) is 9.14. The first kappa shape index (κ1) is 32.0. The summed E-state index contributed by atoms with van der Waals surface area (Å²) in [5, 5.41) is 7.68. The maximum atomic E-state index is 2.47. The molecule has 0 amide bonds. The number of hydrogen-bond donors (Lipinski definition) is 0. The first-order valence-corrected chi connectivity index (χ1v) is 19.9. The number of nitrogens with zero attached hydrogens (tertiary/aromatic N) is 1. The Balaban J connectivity index is 1.03. The van der Waals surface area contributed by atoms with Crippen molar-refractivity contribution >= 4 is 70.1 Å². The summed E-state index contributed by atoms with van der Waals surface area (Å²) in [6.45, 7) is 4.72. The van der Waals surface area contributed by atoms with Crippen LogP contribution in [0.1, 0.15) is 25.0 Å².